The highest BCUT2D eigenvalue weighted by Gasteiger charge is 2.02. The van der Waals surface area contributed by atoms with Crippen LogP contribution in [-0.2, 0) is 0 Å². The molecule has 2 aromatic rings. The average molecular weight is 186 g/mol. The number of phenolic OH excluding ortho intramolecular Hbond substituents is 1. The Morgan fingerprint density at radius 3 is 2.43 bits per heavy atom. The van der Waals surface area contributed by atoms with Gasteiger partial charge in [-0.25, -0.2) is 0 Å². The maximum Gasteiger partial charge on any atom is 0.123 e. The van der Waals surface area contributed by atoms with Gasteiger partial charge in [-0.05, 0) is 12.1 Å². The van der Waals surface area contributed by atoms with E-state index in [9.17, 15) is 5.11 Å². The van der Waals surface area contributed by atoms with E-state index in [-0.39, 0.29) is 5.75 Å². The Morgan fingerprint density at radius 1 is 1.00 bits per heavy atom. The van der Waals surface area contributed by atoms with Gasteiger partial charge in [-0.2, -0.15) is 10.2 Å². The monoisotopic (exact) mass is 186 g/mol. The molecule has 14 heavy (non-hydrogen) atoms. The molecule has 0 unspecified atom stereocenters. The summed E-state index contributed by atoms with van der Waals surface area (Å²) in [6.07, 6.45) is 0. The highest BCUT2D eigenvalue weighted by Crippen LogP contribution is 2.32. The molecule has 0 bridgehead atoms. The third kappa shape index (κ3) is 1.33. The maximum absolute atomic E-state index is 9.59. The fraction of sp³-hybridized carbons (Fsp3) is 0.0909. The van der Waals surface area contributed by atoms with Gasteiger partial charge in [-0.1, -0.05) is 24.3 Å². The van der Waals surface area contributed by atoms with Crippen LogP contribution in [0.4, 0.5) is 5.69 Å². The van der Waals surface area contributed by atoms with E-state index in [2.05, 4.69) is 10.2 Å². The zero-order valence-electron chi connectivity index (χ0n) is 7.81. The number of phenols is 1. The number of azo groups is 1. The van der Waals surface area contributed by atoms with Crippen molar-refractivity contribution < 1.29 is 5.11 Å². The Labute approximate surface area is 81.7 Å². The van der Waals surface area contributed by atoms with Crippen molar-refractivity contribution in [3.8, 4) is 5.75 Å². The molecule has 0 aliphatic heterocycles. The Morgan fingerprint density at radius 2 is 1.71 bits per heavy atom. The second-order valence-corrected chi connectivity index (χ2v) is 2.95. The Hall–Kier alpha value is -1.90. The minimum atomic E-state index is 0.274. The van der Waals surface area contributed by atoms with Gasteiger partial charge >= 0.3 is 0 Å². The molecule has 0 amide bonds. The van der Waals surface area contributed by atoms with Gasteiger partial charge in [0.15, 0.2) is 0 Å². The number of rotatable bonds is 1. The van der Waals surface area contributed by atoms with Crippen LogP contribution >= 0.6 is 0 Å². The minimum Gasteiger partial charge on any atom is -0.507 e. The second kappa shape index (κ2) is 3.46. The first-order chi connectivity index (χ1) is 6.83. The molecule has 0 atom stereocenters. The molecule has 1 N–H and O–H groups in total. The molecule has 0 heterocycles. The van der Waals surface area contributed by atoms with Gasteiger partial charge in [-0.15, -0.1) is 0 Å². The quantitative estimate of drug-likeness (QED) is 0.682. The lowest BCUT2D eigenvalue weighted by Crippen LogP contribution is -1.74. The zero-order valence-corrected chi connectivity index (χ0v) is 7.81. The van der Waals surface area contributed by atoms with Crippen molar-refractivity contribution in [2.45, 2.75) is 0 Å². The normalized spacial score (nSPS) is 11.2. The number of nitrogens with zero attached hydrogens (tertiary/aromatic N) is 2. The van der Waals surface area contributed by atoms with E-state index in [1.54, 1.807) is 19.2 Å². The number of hydrogen-bond acceptors (Lipinski definition) is 3. The first-order valence-corrected chi connectivity index (χ1v) is 4.33. The van der Waals surface area contributed by atoms with E-state index in [0.717, 1.165) is 16.5 Å². The minimum absolute atomic E-state index is 0.274. The molecule has 0 saturated carbocycles. The lowest BCUT2D eigenvalue weighted by atomic mass is 10.1. The van der Waals surface area contributed by atoms with E-state index < -0.39 is 0 Å². The van der Waals surface area contributed by atoms with Gasteiger partial charge in [0.25, 0.3) is 0 Å². The van der Waals surface area contributed by atoms with Crippen molar-refractivity contribution >= 4 is 16.5 Å². The Balaban J connectivity index is 2.81. The number of hydrogen-bond donors (Lipinski definition) is 1. The fourth-order valence-electron chi connectivity index (χ4n) is 1.46. The van der Waals surface area contributed by atoms with Crippen molar-refractivity contribution in [2.75, 3.05) is 7.05 Å². The summed E-state index contributed by atoms with van der Waals surface area (Å²) in [5.74, 6) is 0.274. The van der Waals surface area contributed by atoms with Gasteiger partial charge in [0.2, 0.25) is 0 Å². The van der Waals surface area contributed by atoms with Gasteiger partial charge in [-0.3, -0.25) is 0 Å². The van der Waals surface area contributed by atoms with Gasteiger partial charge in [0.1, 0.15) is 5.75 Å². The van der Waals surface area contributed by atoms with Crippen LogP contribution in [0.5, 0.6) is 5.75 Å². The van der Waals surface area contributed by atoms with Crippen LogP contribution in [-0.4, -0.2) is 12.2 Å². The largest absolute Gasteiger partial charge is 0.507 e. The molecule has 0 radical (unpaired) electrons. The highest BCUT2D eigenvalue weighted by atomic mass is 16.3. The van der Waals surface area contributed by atoms with E-state index >= 15 is 0 Å². The molecule has 70 valence electrons. The van der Waals surface area contributed by atoms with E-state index in [1.807, 2.05) is 24.3 Å². The third-order valence-electron chi connectivity index (χ3n) is 2.09. The number of aromatic hydroxyl groups is 1. The summed E-state index contributed by atoms with van der Waals surface area (Å²) in [4.78, 5) is 0. The average Bonchev–Trinajstić information content (AvgIpc) is 2.23. The molecular weight excluding hydrogens is 176 g/mol. The first-order valence-electron chi connectivity index (χ1n) is 4.33. The predicted molar refractivity (Wildman–Crippen MR) is 56.1 cm³/mol. The topological polar surface area (TPSA) is 45.0 Å². The molecule has 0 aromatic heterocycles. The summed E-state index contributed by atoms with van der Waals surface area (Å²) in [6.45, 7) is 0. The van der Waals surface area contributed by atoms with Gasteiger partial charge in [0, 0.05) is 17.8 Å². The standard InChI is InChI=1S/C11H10N2O/c1-12-13-10-6-7-11(14)9-5-3-2-4-8(9)10/h2-7,14H,1H3. The SMILES string of the molecule is CN=Nc1ccc(O)c2ccccc12. The first kappa shape index (κ1) is 8.69. The van der Waals surface area contributed by atoms with Crippen LogP contribution in [0.25, 0.3) is 10.8 Å². The van der Waals surface area contributed by atoms with Crippen molar-refractivity contribution in [1.82, 2.24) is 0 Å². The van der Waals surface area contributed by atoms with Crippen LogP contribution in [0.2, 0.25) is 0 Å². The molecule has 0 fully saturated rings. The van der Waals surface area contributed by atoms with E-state index in [4.69, 9.17) is 0 Å². The fourth-order valence-corrected chi connectivity index (χ4v) is 1.46. The van der Waals surface area contributed by atoms with Crippen molar-refractivity contribution in [3.05, 3.63) is 36.4 Å². The van der Waals surface area contributed by atoms with Gasteiger partial charge in [0.05, 0.1) is 5.69 Å². The second-order valence-electron chi connectivity index (χ2n) is 2.95. The summed E-state index contributed by atoms with van der Waals surface area (Å²) in [5.41, 5.74) is 0.779. The maximum atomic E-state index is 9.59. The molecule has 0 aliphatic carbocycles. The smallest absolute Gasteiger partial charge is 0.123 e. The van der Waals surface area contributed by atoms with E-state index in [0.29, 0.717) is 0 Å². The van der Waals surface area contributed by atoms with Crippen LogP contribution < -0.4 is 0 Å². The summed E-state index contributed by atoms with van der Waals surface area (Å²) < 4.78 is 0. The van der Waals surface area contributed by atoms with Crippen molar-refractivity contribution in [2.24, 2.45) is 10.2 Å². The zero-order chi connectivity index (χ0) is 9.97. The number of fused-ring (bicyclic) bond motifs is 1. The molecule has 0 aliphatic rings. The van der Waals surface area contributed by atoms with Crippen molar-refractivity contribution in [3.63, 3.8) is 0 Å². The summed E-state index contributed by atoms with van der Waals surface area (Å²) >= 11 is 0. The molecule has 2 aromatic carbocycles. The lowest BCUT2D eigenvalue weighted by Gasteiger charge is -2.02. The predicted octanol–water partition coefficient (Wildman–Crippen LogP) is 3.26. The van der Waals surface area contributed by atoms with Crippen LogP contribution in [0.3, 0.4) is 0 Å². The van der Waals surface area contributed by atoms with Crippen LogP contribution in [0, 0.1) is 0 Å². The summed E-state index contributed by atoms with van der Waals surface area (Å²) in [7, 11) is 1.63. The highest BCUT2D eigenvalue weighted by molar-refractivity contribution is 5.96. The molecular formula is C11H10N2O. The third-order valence-corrected chi connectivity index (χ3v) is 2.09. The molecule has 3 nitrogen and oxygen atoms in total. The van der Waals surface area contributed by atoms with Crippen molar-refractivity contribution in [1.29, 1.82) is 0 Å². The van der Waals surface area contributed by atoms with E-state index in [1.165, 1.54) is 0 Å². The molecule has 0 spiro atoms. The molecule has 2 rings (SSSR count). The Bertz CT molecular complexity index is 492. The molecule has 3 heteroatoms. The number of benzene rings is 2. The van der Waals surface area contributed by atoms with Crippen LogP contribution in [0.15, 0.2) is 46.6 Å². The Kier molecular flexibility index (Phi) is 2.14. The summed E-state index contributed by atoms with van der Waals surface area (Å²) in [5, 5.41) is 19.0. The van der Waals surface area contributed by atoms with Crippen LogP contribution in [0.1, 0.15) is 0 Å². The molecule has 0 saturated heterocycles. The lowest BCUT2D eigenvalue weighted by molar-refractivity contribution is 0.481. The van der Waals surface area contributed by atoms with Gasteiger partial charge < -0.3 is 5.11 Å². The summed E-state index contributed by atoms with van der Waals surface area (Å²) in [6, 6.07) is 11.0.